The fourth-order valence-corrected chi connectivity index (χ4v) is 3.83. The summed E-state index contributed by atoms with van der Waals surface area (Å²) in [5.74, 6) is -2.03. The maximum absolute atomic E-state index is 12.8. The van der Waals surface area contributed by atoms with E-state index in [1.54, 1.807) is 12.1 Å². The van der Waals surface area contributed by atoms with E-state index in [4.69, 9.17) is 55.6 Å². The van der Waals surface area contributed by atoms with Crippen molar-refractivity contribution in [2.45, 2.75) is 6.18 Å². The van der Waals surface area contributed by atoms with Gasteiger partial charge >= 0.3 is 17.6 Å². The van der Waals surface area contributed by atoms with Gasteiger partial charge in [-0.25, -0.2) is 14.6 Å². The van der Waals surface area contributed by atoms with Crippen LogP contribution < -0.4 is 16.2 Å². The van der Waals surface area contributed by atoms with Crippen molar-refractivity contribution < 1.29 is 22.3 Å². The molecule has 0 saturated carbocycles. The van der Waals surface area contributed by atoms with Crippen LogP contribution in [0.25, 0.3) is 17.1 Å². The number of pyridine rings is 1. The molecule has 0 unspecified atom stereocenters. The summed E-state index contributed by atoms with van der Waals surface area (Å²) in [7, 11) is 0. The Kier molecular flexibility index (Phi) is 6.83. The molecule has 7 nitrogen and oxygen atoms in total. The standard InChI is InChI=1S/C21H8Cl4F3N3O4/c22-12-4-2-1-3-11(12)17-30-19(32)31(20(33)35-17)10-6-13(23)16(14(24)7-10)34-18-15(25)5-9(8-29-18)21(26,27)28/h1-8H. The van der Waals surface area contributed by atoms with E-state index in [2.05, 4.69) is 9.97 Å². The predicted molar refractivity (Wildman–Crippen MR) is 123 cm³/mol. The van der Waals surface area contributed by atoms with Gasteiger partial charge in [-0.3, -0.25) is 0 Å². The Balaban J connectivity index is 1.71. The molecule has 2 aromatic heterocycles. The monoisotopic (exact) mass is 563 g/mol. The van der Waals surface area contributed by atoms with Gasteiger partial charge in [-0.05, 0) is 30.3 Å². The van der Waals surface area contributed by atoms with Gasteiger partial charge in [0, 0.05) is 6.20 Å². The third kappa shape index (κ3) is 5.15. The fraction of sp³-hybridized carbons (Fsp3) is 0.0476. The molecule has 0 aliphatic carbocycles. The molecule has 0 aliphatic rings. The van der Waals surface area contributed by atoms with Crippen molar-refractivity contribution in [3.63, 3.8) is 0 Å². The molecule has 0 spiro atoms. The van der Waals surface area contributed by atoms with E-state index in [1.807, 2.05) is 0 Å². The summed E-state index contributed by atoms with van der Waals surface area (Å²) in [6.45, 7) is 0. The molecule has 0 atom stereocenters. The molecule has 0 radical (unpaired) electrons. The van der Waals surface area contributed by atoms with Gasteiger partial charge < -0.3 is 9.15 Å². The highest BCUT2D eigenvalue weighted by Crippen LogP contribution is 2.40. The molecular weight excluding hydrogens is 557 g/mol. The van der Waals surface area contributed by atoms with Crippen LogP contribution in [0.5, 0.6) is 11.6 Å². The largest absolute Gasteiger partial charge is 0.434 e. The highest BCUT2D eigenvalue weighted by atomic mass is 35.5. The van der Waals surface area contributed by atoms with Gasteiger partial charge in [0.2, 0.25) is 11.8 Å². The zero-order valence-corrected chi connectivity index (χ0v) is 19.8. The van der Waals surface area contributed by atoms with Crippen LogP contribution in [0.4, 0.5) is 13.2 Å². The van der Waals surface area contributed by atoms with Gasteiger partial charge in [0.1, 0.15) is 5.02 Å². The van der Waals surface area contributed by atoms with Crippen molar-refractivity contribution in [3.8, 4) is 28.8 Å². The van der Waals surface area contributed by atoms with Crippen molar-refractivity contribution in [2.24, 2.45) is 0 Å². The van der Waals surface area contributed by atoms with Crippen LogP contribution in [0.3, 0.4) is 0 Å². The Morgan fingerprint density at radius 1 is 0.914 bits per heavy atom. The Bertz CT molecular complexity index is 1520. The van der Waals surface area contributed by atoms with Gasteiger partial charge in [0.25, 0.3) is 0 Å². The normalized spacial score (nSPS) is 11.5. The highest BCUT2D eigenvalue weighted by molar-refractivity contribution is 6.37. The number of benzene rings is 2. The Labute approximate surface area is 213 Å². The maximum Gasteiger partial charge on any atom is 0.429 e. The van der Waals surface area contributed by atoms with Gasteiger partial charge in [-0.1, -0.05) is 58.5 Å². The van der Waals surface area contributed by atoms with Crippen LogP contribution in [0.2, 0.25) is 20.1 Å². The molecule has 35 heavy (non-hydrogen) atoms. The second-order valence-electron chi connectivity index (χ2n) is 6.73. The van der Waals surface area contributed by atoms with Gasteiger partial charge in [0.15, 0.2) is 5.75 Å². The lowest BCUT2D eigenvalue weighted by Gasteiger charge is -2.13. The lowest BCUT2D eigenvalue weighted by atomic mass is 10.2. The summed E-state index contributed by atoms with van der Waals surface area (Å²) in [5.41, 5.74) is -1.97. The second kappa shape index (κ2) is 9.54. The van der Waals surface area contributed by atoms with Crippen molar-refractivity contribution in [2.75, 3.05) is 0 Å². The summed E-state index contributed by atoms with van der Waals surface area (Å²) < 4.78 is 49.5. The van der Waals surface area contributed by atoms with Gasteiger partial charge in [-0.15, -0.1) is 0 Å². The molecule has 2 heterocycles. The van der Waals surface area contributed by atoms with Gasteiger partial charge in [-0.2, -0.15) is 22.7 Å². The number of alkyl halides is 3. The summed E-state index contributed by atoms with van der Waals surface area (Å²) >= 11 is 24.3. The number of hydrogen-bond acceptors (Lipinski definition) is 6. The molecule has 2 aromatic carbocycles. The minimum Gasteiger partial charge on any atom is -0.434 e. The fourth-order valence-electron chi connectivity index (χ4n) is 2.86. The lowest BCUT2D eigenvalue weighted by Crippen LogP contribution is -2.33. The van der Waals surface area contributed by atoms with Crippen molar-refractivity contribution in [1.29, 1.82) is 0 Å². The van der Waals surface area contributed by atoms with E-state index >= 15 is 0 Å². The highest BCUT2D eigenvalue weighted by Gasteiger charge is 2.32. The molecule has 0 amide bonds. The molecule has 4 rings (SSSR count). The minimum atomic E-state index is -4.66. The number of hydrogen-bond donors (Lipinski definition) is 0. The third-order valence-electron chi connectivity index (χ3n) is 4.43. The summed E-state index contributed by atoms with van der Waals surface area (Å²) in [6.07, 6.45) is -4.13. The van der Waals surface area contributed by atoms with Crippen LogP contribution >= 0.6 is 46.4 Å². The van der Waals surface area contributed by atoms with E-state index < -0.39 is 34.1 Å². The van der Waals surface area contributed by atoms with E-state index in [0.717, 1.165) is 12.1 Å². The summed E-state index contributed by atoms with van der Waals surface area (Å²) in [6, 6.07) is 9.19. The van der Waals surface area contributed by atoms with Crippen LogP contribution in [0.1, 0.15) is 5.56 Å². The maximum atomic E-state index is 12.8. The first kappa shape index (κ1) is 25.1. The van der Waals surface area contributed by atoms with Crippen molar-refractivity contribution in [3.05, 3.63) is 95.4 Å². The molecular formula is C21H8Cl4F3N3O4. The smallest absolute Gasteiger partial charge is 0.429 e. The second-order valence-corrected chi connectivity index (χ2v) is 8.36. The van der Waals surface area contributed by atoms with Crippen molar-refractivity contribution in [1.82, 2.24) is 14.5 Å². The van der Waals surface area contributed by atoms with Crippen LogP contribution in [0, 0.1) is 0 Å². The Hall–Kier alpha value is -3.05. The van der Waals surface area contributed by atoms with Crippen molar-refractivity contribution >= 4 is 46.4 Å². The molecule has 0 bridgehead atoms. The topological polar surface area (TPSA) is 87.2 Å². The third-order valence-corrected chi connectivity index (χ3v) is 5.60. The quantitative estimate of drug-likeness (QED) is 0.275. The van der Waals surface area contributed by atoms with Crippen LogP contribution in [-0.2, 0) is 6.18 Å². The Morgan fingerprint density at radius 2 is 1.57 bits per heavy atom. The molecule has 0 fully saturated rings. The first-order valence-electron chi connectivity index (χ1n) is 9.25. The molecule has 0 saturated heterocycles. The van der Waals surface area contributed by atoms with E-state index in [1.165, 1.54) is 12.1 Å². The molecule has 14 heteroatoms. The zero-order chi connectivity index (χ0) is 25.5. The van der Waals surface area contributed by atoms with Crippen LogP contribution in [-0.4, -0.2) is 14.5 Å². The average molecular weight is 565 g/mol. The molecule has 0 N–H and O–H groups in total. The first-order valence-corrected chi connectivity index (χ1v) is 10.8. The first-order chi connectivity index (χ1) is 16.5. The SMILES string of the molecule is O=c1nc(-c2ccccc2Cl)oc(=O)n1-c1cc(Cl)c(Oc2ncc(C(F)(F)F)cc2Cl)c(Cl)c1. The minimum absolute atomic E-state index is 0.115. The number of ether oxygens (including phenoxy) is 1. The van der Waals surface area contributed by atoms with Gasteiger partial charge in [0.05, 0.1) is 31.9 Å². The van der Waals surface area contributed by atoms with E-state index in [0.29, 0.717) is 16.8 Å². The molecule has 180 valence electrons. The number of rotatable bonds is 4. The number of nitrogens with zero attached hydrogens (tertiary/aromatic N) is 3. The number of aromatic nitrogens is 3. The molecule has 0 aliphatic heterocycles. The lowest BCUT2D eigenvalue weighted by molar-refractivity contribution is -0.137. The average Bonchev–Trinajstić information content (AvgIpc) is 2.76. The van der Waals surface area contributed by atoms with Crippen LogP contribution in [0.15, 0.2) is 62.7 Å². The zero-order valence-electron chi connectivity index (χ0n) is 16.7. The predicted octanol–water partition coefficient (Wildman–Crippen LogP) is 6.67. The molecule has 4 aromatic rings. The summed E-state index contributed by atoms with van der Waals surface area (Å²) in [4.78, 5) is 32.5. The summed E-state index contributed by atoms with van der Waals surface area (Å²) in [5, 5.41) is -0.672. The number of halogens is 7. The van der Waals surface area contributed by atoms with E-state index in [9.17, 15) is 22.8 Å². The Morgan fingerprint density at radius 3 is 2.14 bits per heavy atom. The van der Waals surface area contributed by atoms with E-state index in [-0.39, 0.29) is 38.0 Å².